The number of nitrogens with zero attached hydrogens (tertiary/aromatic N) is 1. The Labute approximate surface area is 124 Å². The van der Waals surface area contributed by atoms with Gasteiger partial charge in [-0.25, -0.2) is 4.79 Å². The van der Waals surface area contributed by atoms with Gasteiger partial charge in [0.25, 0.3) is 0 Å². The van der Waals surface area contributed by atoms with Crippen molar-refractivity contribution in [3.8, 4) is 0 Å². The maximum absolute atomic E-state index is 11.6. The van der Waals surface area contributed by atoms with E-state index in [0.717, 1.165) is 26.1 Å². The first-order valence-corrected chi connectivity index (χ1v) is 8.57. The van der Waals surface area contributed by atoms with Crippen LogP contribution in [0, 0.1) is 0 Å². The fourth-order valence-corrected chi connectivity index (χ4v) is 2.68. The monoisotopic (exact) mass is 283 g/mol. The van der Waals surface area contributed by atoms with Crippen molar-refractivity contribution in [1.82, 2.24) is 15.5 Å². The molecule has 0 radical (unpaired) electrons. The Kier molecular flexibility index (Phi) is 10.4. The van der Waals surface area contributed by atoms with Gasteiger partial charge in [0.15, 0.2) is 0 Å². The van der Waals surface area contributed by atoms with Crippen molar-refractivity contribution in [3.63, 3.8) is 0 Å². The first-order chi connectivity index (χ1) is 9.83. The topological polar surface area (TPSA) is 44.4 Å². The van der Waals surface area contributed by atoms with E-state index < -0.39 is 0 Å². The molecule has 1 aliphatic heterocycles. The molecule has 0 atom stereocenters. The Morgan fingerprint density at radius 2 is 1.55 bits per heavy atom. The van der Waals surface area contributed by atoms with E-state index in [0.29, 0.717) is 0 Å². The third-order valence-electron chi connectivity index (χ3n) is 3.98. The van der Waals surface area contributed by atoms with Gasteiger partial charge in [0, 0.05) is 19.6 Å². The Balaban J connectivity index is 1.85. The summed E-state index contributed by atoms with van der Waals surface area (Å²) >= 11 is 0. The highest BCUT2D eigenvalue weighted by molar-refractivity contribution is 5.73. The smallest absolute Gasteiger partial charge is 0.314 e. The largest absolute Gasteiger partial charge is 0.338 e. The lowest BCUT2D eigenvalue weighted by atomic mass is 10.1. The molecule has 1 rings (SSSR count). The molecule has 0 saturated carbocycles. The molecule has 2 amide bonds. The summed E-state index contributed by atoms with van der Waals surface area (Å²) in [5.74, 6) is 0. The molecule has 20 heavy (non-hydrogen) atoms. The van der Waals surface area contributed by atoms with Crippen LogP contribution in [0.25, 0.3) is 0 Å². The van der Waals surface area contributed by atoms with Crippen LogP contribution in [-0.4, -0.2) is 43.7 Å². The third kappa shape index (κ3) is 9.18. The number of hydrogen-bond donors (Lipinski definition) is 2. The van der Waals surface area contributed by atoms with E-state index in [1.165, 1.54) is 64.5 Å². The summed E-state index contributed by atoms with van der Waals surface area (Å²) in [7, 11) is 0. The van der Waals surface area contributed by atoms with E-state index in [1.54, 1.807) is 0 Å². The van der Waals surface area contributed by atoms with Gasteiger partial charge in [-0.3, -0.25) is 0 Å². The molecular formula is C16H33N3O. The number of carbonyl (C=O) groups excluding carboxylic acids is 1. The molecule has 1 saturated heterocycles. The van der Waals surface area contributed by atoms with Crippen LogP contribution in [0.3, 0.4) is 0 Å². The van der Waals surface area contributed by atoms with Crippen molar-refractivity contribution in [2.75, 3.05) is 32.7 Å². The summed E-state index contributed by atoms with van der Waals surface area (Å²) in [6.07, 6.45) is 11.6. The maximum atomic E-state index is 11.6. The van der Waals surface area contributed by atoms with Gasteiger partial charge in [-0.1, -0.05) is 45.4 Å². The van der Waals surface area contributed by atoms with E-state index in [1.807, 2.05) is 0 Å². The molecular weight excluding hydrogens is 250 g/mol. The van der Waals surface area contributed by atoms with E-state index in [9.17, 15) is 4.79 Å². The van der Waals surface area contributed by atoms with Crippen LogP contribution in [0.1, 0.15) is 64.7 Å². The minimum absolute atomic E-state index is 0.00410. The number of piperidine rings is 1. The molecule has 0 unspecified atom stereocenters. The van der Waals surface area contributed by atoms with Gasteiger partial charge >= 0.3 is 6.03 Å². The van der Waals surface area contributed by atoms with Crippen LogP contribution in [0.2, 0.25) is 0 Å². The van der Waals surface area contributed by atoms with Gasteiger partial charge < -0.3 is 15.5 Å². The van der Waals surface area contributed by atoms with Gasteiger partial charge in [0.2, 0.25) is 0 Å². The van der Waals surface area contributed by atoms with Crippen molar-refractivity contribution in [2.45, 2.75) is 64.7 Å². The third-order valence-corrected chi connectivity index (χ3v) is 3.98. The summed E-state index contributed by atoms with van der Waals surface area (Å²) in [5, 5.41) is 5.89. The number of nitrogens with one attached hydrogen (secondary N) is 2. The minimum atomic E-state index is -0.00410. The summed E-state index contributed by atoms with van der Waals surface area (Å²) in [5.41, 5.74) is 0. The van der Waals surface area contributed by atoms with Crippen LogP contribution < -0.4 is 10.6 Å². The number of rotatable bonds is 10. The molecule has 4 nitrogen and oxygen atoms in total. The Bertz CT molecular complexity index is 240. The lowest BCUT2D eigenvalue weighted by Crippen LogP contribution is -2.41. The molecule has 1 fully saturated rings. The fraction of sp³-hybridized carbons (Fsp3) is 0.938. The molecule has 0 aromatic rings. The van der Waals surface area contributed by atoms with E-state index in [4.69, 9.17) is 0 Å². The van der Waals surface area contributed by atoms with Crippen LogP contribution in [0.5, 0.6) is 0 Å². The van der Waals surface area contributed by atoms with E-state index in [2.05, 4.69) is 22.5 Å². The zero-order valence-corrected chi connectivity index (χ0v) is 13.3. The first-order valence-electron chi connectivity index (χ1n) is 8.57. The van der Waals surface area contributed by atoms with E-state index in [-0.39, 0.29) is 6.03 Å². The van der Waals surface area contributed by atoms with Crippen molar-refractivity contribution in [1.29, 1.82) is 0 Å². The molecule has 2 N–H and O–H groups in total. The van der Waals surface area contributed by atoms with Crippen LogP contribution in [0.4, 0.5) is 4.79 Å². The lowest BCUT2D eigenvalue weighted by Gasteiger charge is -2.26. The first kappa shape index (κ1) is 17.3. The lowest BCUT2D eigenvalue weighted by molar-refractivity contribution is 0.220. The van der Waals surface area contributed by atoms with Crippen molar-refractivity contribution < 1.29 is 4.79 Å². The average Bonchev–Trinajstić information content (AvgIpc) is 2.47. The highest BCUT2D eigenvalue weighted by Crippen LogP contribution is 2.07. The second kappa shape index (κ2) is 12.0. The number of likely N-dealkylation sites (tertiary alicyclic amines) is 1. The Hall–Kier alpha value is -0.770. The minimum Gasteiger partial charge on any atom is -0.338 e. The molecule has 1 aliphatic rings. The summed E-state index contributed by atoms with van der Waals surface area (Å²) in [6, 6.07) is -0.00410. The highest BCUT2D eigenvalue weighted by Gasteiger charge is 2.09. The standard InChI is InChI=1S/C16H33N3O/c1-2-3-4-5-6-8-11-17-16(20)18-12-15-19-13-9-7-10-14-19/h2-15H2,1H3,(H2,17,18,20). The van der Waals surface area contributed by atoms with Crippen molar-refractivity contribution in [3.05, 3.63) is 0 Å². The second-order valence-electron chi connectivity index (χ2n) is 5.85. The van der Waals surface area contributed by atoms with Gasteiger partial charge in [0.1, 0.15) is 0 Å². The quantitative estimate of drug-likeness (QED) is 0.605. The maximum Gasteiger partial charge on any atom is 0.314 e. The summed E-state index contributed by atoms with van der Waals surface area (Å²) in [6.45, 7) is 7.19. The molecule has 1 heterocycles. The van der Waals surface area contributed by atoms with Crippen molar-refractivity contribution in [2.24, 2.45) is 0 Å². The zero-order chi connectivity index (χ0) is 14.5. The summed E-state index contributed by atoms with van der Waals surface area (Å²) < 4.78 is 0. The van der Waals surface area contributed by atoms with Crippen LogP contribution in [0.15, 0.2) is 0 Å². The average molecular weight is 283 g/mol. The Morgan fingerprint density at radius 1 is 0.900 bits per heavy atom. The fourth-order valence-electron chi connectivity index (χ4n) is 2.68. The highest BCUT2D eigenvalue weighted by atomic mass is 16.2. The predicted octanol–water partition coefficient (Wildman–Crippen LogP) is 3.13. The number of unbranched alkanes of at least 4 members (excludes halogenated alkanes) is 5. The molecule has 0 aliphatic carbocycles. The van der Waals surface area contributed by atoms with Gasteiger partial charge in [-0.2, -0.15) is 0 Å². The molecule has 118 valence electrons. The number of hydrogen-bond acceptors (Lipinski definition) is 2. The van der Waals surface area contributed by atoms with Crippen LogP contribution >= 0.6 is 0 Å². The second-order valence-corrected chi connectivity index (χ2v) is 5.85. The predicted molar refractivity (Wildman–Crippen MR) is 85.1 cm³/mol. The molecule has 4 heteroatoms. The SMILES string of the molecule is CCCCCCCCNC(=O)NCCN1CCCCC1. The number of urea groups is 1. The molecule has 0 aromatic carbocycles. The zero-order valence-electron chi connectivity index (χ0n) is 13.3. The van der Waals surface area contributed by atoms with Crippen LogP contribution in [-0.2, 0) is 0 Å². The normalized spacial score (nSPS) is 16.1. The molecule has 0 bridgehead atoms. The molecule has 0 spiro atoms. The van der Waals surface area contributed by atoms with Crippen molar-refractivity contribution >= 4 is 6.03 Å². The number of amides is 2. The molecule has 0 aromatic heterocycles. The van der Waals surface area contributed by atoms with Gasteiger partial charge in [0.05, 0.1) is 0 Å². The van der Waals surface area contributed by atoms with Gasteiger partial charge in [-0.05, 0) is 32.4 Å². The van der Waals surface area contributed by atoms with Gasteiger partial charge in [-0.15, -0.1) is 0 Å². The Morgan fingerprint density at radius 3 is 2.30 bits per heavy atom. The number of carbonyl (C=O) groups is 1. The van der Waals surface area contributed by atoms with E-state index >= 15 is 0 Å². The summed E-state index contributed by atoms with van der Waals surface area (Å²) in [4.78, 5) is 14.0.